The number of hydrogen-bond donors (Lipinski definition) is 1. The zero-order valence-corrected chi connectivity index (χ0v) is 17.2. The second-order valence-corrected chi connectivity index (χ2v) is 7.70. The summed E-state index contributed by atoms with van der Waals surface area (Å²) in [5, 5.41) is 3.45. The second-order valence-electron chi connectivity index (χ2n) is 7.70. The molecule has 0 aromatic heterocycles. The summed E-state index contributed by atoms with van der Waals surface area (Å²) in [6, 6.07) is 14.4. The first kappa shape index (κ1) is 20.2. The molecule has 2 aromatic rings. The van der Waals surface area contributed by atoms with Crippen molar-refractivity contribution in [2.75, 3.05) is 11.9 Å². The number of esters is 1. The van der Waals surface area contributed by atoms with Crippen LogP contribution < -0.4 is 10.1 Å². The smallest absolute Gasteiger partial charge is 0.303 e. The number of carbonyl (C=O) groups excluding carboxylic acids is 1. The largest absolute Gasteiger partial charge is 0.483 e. The van der Waals surface area contributed by atoms with Gasteiger partial charge in [-0.1, -0.05) is 29.8 Å². The standard InChI is InChI=1S/C23H29NO4/c1-6-26-21-19-13-18(24-14-17-9-7-15(2)8-10-17)11-12-20(19)28-23(4,5)22(21)27-16(3)25/h7-13,21-22,24H,6,14H2,1-5H3. The molecule has 0 amide bonds. The number of benzene rings is 2. The lowest BCUT2D eigenvalue weighted by Gasteiger charge is -2.43. The van der Waals surface area contributed by atoms with Crippen LogP contribution >= 0.6 is 0 Å². The zero-order valence-electron chi connectivity index (χ0n) is 17.2. The van der Waals surface area contributed by atoms with Crippen molar-refractivity contribution in [3.8, 4) is 5.75 Å². The summed E-state index contributed by atoms with van der Waals surface area (Å²) < 4.78 is 17.8. The number of hydrogen-bond acceptors (Lipinski definition) is 5. The average Bonchev–Trinajstić information content (AvgIpc) is 2.64. The van der Waals surface area contributed by atoms with Crippen LogP contribution in [0.5, 0.6) is 5.75 Å². The van der Waals surface area contributed by atoms with E-state index in [-0.39, 0.29) is 12.1 Å². The molecule has 0 bridgehead atoms. The minimum absolute atomic E-state index is 0.344. The molecule has 0 radical (unpaired) electrons. The summed E-state index contributed by atoms with van der Waals surface area (Å²) in [6.07, 6.45) is -0.904. The molecule has 1 aliphatic heterocycles. The first-order valence-corrected chi connectivity index (χ1v) is 9.71. The van der Waals surface area contributed by atoms with E-state index in [1.807, 2.05) is 39.0 Å². The third-order valence-corrected chi connectivity index (χ3v) is 4.91. The van der Waals surface area contributed by atoms with Crippen molar-refractivity contribution in [3.63, 3.8) is 0 Å². The van der Waals surface area contributed by atoms with E-state index in [9.17, 15) is 4.79 Å². The Morgan fingerprint density at radius 2 is 1.89 bits per heavy atom. The number of aryl methyl sites for hydroxylation is 1. The van der Waals surface area contributed by atoms with Crippen LogP contribution in [0.3, 0.4) is 0 Å². The fourth-order valence-corrected chi connectivity index (χ4v) is 3.49. The maximum Gasteiger partial charge on any atom is 0.303 e. The van der Waals surface area contributed by atoms with E-state index in [0.717, 1.165) is 23.5 Å². The Bertz CT molecular complexity index is 829. The van der Waals surface area contributed by atoms with Gasteiger partial charge in [-0.25, -0.2) is 0 Å². The van der Waals surface area contributed by atoms with E-state index in [1.165, 1.54) is 18.1 Å². The minimum Gasteiger partial charge on any atom is -0.483 e. The monoisotopic (exact) mass is 383 g/mol. The summed E-state index contributed by atoms with van der Waals surface area (Å²) in [7, 11) is 0. The molecule has 0 saturated heterocycles. The van der Waals surface area contributed by atoms with Crippen LogP contribution in [0.25, 0.3) is 0 Å². The SMILES string of the molecule is CCOC1c2cc(NCc3ccc(C)cc3)ccc2OC(C)(C)C1OC(C)=O. The van der Waals surface area contributed by atoms with Crippen LogP contribution in [-0.4, -0.2) is 24.3 Å². The van der Waals surface area contributed by atoms with Gasteiger partial charge in [0, 0.05) is 31.3 Å². The lowest BCUT2D eigenvalue weighted by molar-refractivity contribution is -0.181. The quantitative estimate of drug-likeness (QED) is 0.727. The van der Waals surface area contributed by atoms with Gasteiger partial charge in [0.2, 0.25) is 0 Å². The molecule has 0 saturated carbocycles. The molecule has 1 heterocycles. The van der Waals surface area contributed by atoms with Crippen molar-refractivity contribution >= 4 is 11.7 Å². The van der Waals surface area contributed by atoms with Gasteiger partial charge >= 0.3 is 5.97 Å². The number of nitrogens with one attached hydrogen (secondary N) is 1. The first-order valence-electron chi connectivity index (χ1n) is 9.71. The molecule has 0 aliphatic carbocycles. The number of ether oxygens (including phenoxy) is 3. The fraction of sp³-hybridized carbons (Fsp3) is 0.435. The number of rotatable bonds is 6. The van der Waals surface area contributed by atoms with Crippen LogP contribution in [0.1, 0.15) is 50.5 Å². The van der Waals surface area contributed by atoms with Crippen molar-refractivity contribution < 1.29 is 19.0 Å². The van der Waals surface area contributed by atoms with Crippen molar-refractivity contribution in [2.24, 2.45) is 0 Å². The Hall–Kier alpha value is -2.53. The van der Waals surface area contributed by atoms with E-state index >= 15 is 0 Å². The number of fused-ring (bicyclic) bond motifs is 1. The maximum absolute atomic E-state index is 11.7. The summed E-state index contributed by atoms with van der Waals surface area (Å²) in [5.41, 5.74) is 3.62. The third kappa shape index (κ3) is 4.47. The van der Waals surface area contributed by atoms with E-state index < -0.39 is 11.7 Å². The molecule has 150 valence electrons. The second kappa shape index (κ2) is 8.23. The predicted molar refractivity (Wildman–Crippen MR) is 110 cm³/mol. The van der Waals surface area contributed by atoms with E-state index in [0.29, 0.717) is 6.61 Å². The van der Waals surface area contributed by atoms with Crippen LogP contribution in [0.15, 0.2) is 42.5 Å². The number of anilines is 1. The predicted octanol–water partition coefficient (Wildman–Crippen LogP) is 4.79. The van der Waals surface area contributed by atoms with Gasteiger partial charge in [0.25, 0.3) is 0 Å². The molecule has 1 aliphatic rings. The molecule has 5 heteroatoms. The van der Waals surface area contributed by atoms with Gasteiger partial charge in [0.1, 0.15) is 17.5 Å². The fourth-order valence-electron chi connectivity index (χ4n) is 3.49. The third-order valence-electron chi connectivity index (χ3n) is 4.91. The molecule has 2 aromatic carbocycles. The molecular weight excluding hydrogens is 354 g/mol. The van der Waals surface area contributed by atoms with Gasteiger partial charge in [-0.05, 0) is 51.5 Å². The zero-order chi connectivity index (χ0) is 20.3. The highest BCUT2D eigenvalue weighted by atomic mass is 16.6. The van der Waals surface area contributed by atoms with Crippen molar-refractivity contribution in [1.29, 1.82) is 0 Å². The van der Waals surface area contributed by atoms with E-state index in [1.54, 1.807) is 0 Å². The van der Waals surface area contributed by atoms with Crippen molar-refractivity contribution in [2.45, 2.75) is 59.0 Å². The Morgan fingerprint density at radius 1 is 1.18 bits per heavy atom. The van der Waals surface area contributed by atoms with Gasteiger partial charge in [0.05, 0.1) is 0 Å². The highest BCUT2D eigenvalue weighted by Gasteiger charge is 2.47. The van der Waals surface area contributed by atoms with Gasteiger partial charge in [-0.15, -0.1) is 0 Å². The van der Waals surface area contributed by atoms with E-state index in [4.69, 9.17) is 14.2 Å². The normalized spacial score (nSPS) is 20.0. The molecule has 2 unspecified atom stereocenters. The minimum atomic E-state index is -0.685. The van der Waals surface area contributed by atoms with Crippen LogP contribution in [0.4, 0.5) is 5.69 Å². The number of carbonyl (C=O) groups is 1. The van der Waals surface area contributed by atoms with Gasteiger partial charge in [-0.3, -0.25) is 4.79 Å². The molecule has 3 rings (SSSR count). The van der Waals surface area contributed by atoms with Crippen LogP contribution in [-0.2, 0) is 20.8 Å². The highest BCUT2D eigenvalue weighted by Crippen LogP contribution is 2.44. The first-order chi connectivity index (χ1) is 13.3. The van der Waals surface area contributed by atoms with E-state index in [2.05, 4.69) is 36.5 Å². The van der Waals surface area contributed by atoms with Crippen LogP contribution in [0.2, 0.25) is 0 Å². The lowest BCUT2D eigenvalue weighted by Crippen LogP contribution is -2.51. The van der Waals surface area contributed by atoms with Crippen molar-refractivity contribution in [1.82, 2.24) is 0 Å². The Balaban J connectivity index is 1.86. The van der Waals surface area contributed by atoms with Crippen molar-refractivity contribution in [3.05, 3.63) is 59.2 Å². The molecule has 28 heavy (non-hydrogen) atoms. The lowest BCUT2D eigenvalue weighted by atomic mass is 9.88. The molecule has 0 spiro atoms. The summed E-state index contributed by atoms with van der Waals surface area (Å²) in [4.78, 5) is 11.7. The Labute approximate surface area is 167 Å². The average molecular weight is 383 g/mol. The highest BCUT2D eigenvalue weighted by molar-refractivity contribution is 5.66. The molecular formula is C23H29NO4. The van der Waals surface area contributed by atoms with Gasteiger partial charge in [-0.2, -0.15) is 0 Å². The summed E-state index contributed by atoms with van der Waals surface area (Å²) >= 11 is 0. The Kier molecular flexibility index (Phi) is 5.94. The van der Waals surface area contributed by atoms with Crippen LogP contribution in [0, 0.1) is 6.92 Å². The van der Waals surface area contributed by atoms with Gasteiger partial charge in [0.15, 0.2) is 6.10 Å². The van der Waals surface area contributed by atoms with Gasteiger partial charge < -0.3 is 19.5 Å². The Morgan fingerprint density at radius 3 is 2.54 bits per heavy atom. The molecule has 1 N–H and O–H groups in total. The maximum atomic E-state index is 11.7. The molecule has 5 nitrogen and oxygen atoms in total. The topological polar surface area (TPSA) is 56.8 Å². The molecule has 2 atom stereocenters. The summed E-state index contributed by atoms with van der Waals surface area (Å²) in [5.74, 6) is 0.413. The molecule has 0 fully saturated rings. The summed E-state index contributed by atoms with van der Waals surface area (Å²) in [6.45, 7) is 10.5.